The molecule has 0 spiro atoms. The Morgan fingerprint density at radius 1 is 1.24 bits per heavy atom. The van der Waals surface area contributed by atoms with Gasteiger partial charge in [0, 0.05) is 19.7 Å². The third-order valence-corrected chi connectivity index (χ3v) is 5.00. The highest BCUT2D eigenvalue weighted by Crippen LogP contribution is 2.33. The minimum absolute atomic E-state index is 0. The molecule has 2 amide bonds. The summed E-state index contributed by atoms with van der Waals surface area (Å²) in [6, 6.07) is 7.58. The molecule has 1 aromatic carbocycles. The molecule has 5 nitrogen and oxygen atoms in total. The highest BCUT2D eigenvalue weighted by Gasteiger charge is 2.31. The van der Waals surface area contributed by atoms with Crippen molar-refractivity contribution in [2.45, 2.75) is 51.6 Å². The quantitative estimate of drug-likeness (QED) is 0.813. The summed E-state index contributed by atoms with van der Waals surface area (Å²) in [6.45, 7) is 5.98. The molecule has 3 N–H and O–H groups in total. The van der Waals surface area contributed by atoms with E-state index in [0.29, 0.717) is 6.54 Å². The van der Waals surface area contributed by atoms with Crippen LogP contribution in [0.2, 0.25) is 0 Å². The maximum atomic E-state index is 12.7. The van der Waals surface area contributed by atoms with Crippen LogP contribution in [0.3, 0.4) is 0 Å². The van der Waals surface area contributed by atoms with Gasteiger partial charge in [-0.15, -0.1) is 12.4 Å². The monoisotopic (exact) mass is 365 g/mol. The van der Waals surface area contributed by atoms with Gasteiger partial charge in [-0.1, -0.05) is 38.1 Å². The molecule has 0 aliphatic carbocycles. The molecule has 0 saturated carbocycles. The van der Waals surface area contributed by atoms with Crippen LogP contribution in [0, 0.1) is 0 Å². The molecular formula is C19H28ClN3O2. The van der Waals surface area contributed by atoms with E-state index in [1.54, 1.807) is 11.1 Å². The minimum Gasteiger partial charge on any atom is -0.349 e. The van der Waals surface area contributed by atoms with Crippen LogP contribution in [0.1, 0.15) is 57.2 Å². The standard InChI is InChI=1S/C19H27N3O2.ClH/c1-4-19(5-2,13-20)21-18(24)12-17-16-9-7-6-8-15(16)10-11-22(17)14(3)23;/h6-11,17H,4-5,12-13,20H2,1-3H3,(H,21,24);1H. The van der Waals surface area contributed by atoms with E-state index in [-0.39, 0.29) is 42.2 Å². The van der Waals surface area contributed by atoms with Gasteiger partial charge in [-0.25, -0.2) is 0 Å². The van der Waals surface area contributed by atoms with E-state index in [9.17, 15) is 9.59 Å². The summed E-state index contributed by atoms with van der Waals surface area (Å²) in [4.78, 5) is 26.3. The van der Waals surface area contributed by atoms with Gasteiger partial charge in [-0.05, 0) is 30.0 Å². The Morgan fingerprint density at radius 2 is 1.88 bits per heavy atom. The summed E-state index contributed by atoms with van der Waals surface area (Å²) in [7, 11) is 0. The first-order valence-corrected chi connectivity index (χ1v) is 8.53. The van der Waals surface area contributed by atoms with E-state index in [1.807, 2.05) is 44.2 Å². The van der Waals surface area contributed by atoms with Gasteiger partial charge in [0.2, 0.25) is 11.8 Å². The normalized spacial score (nSPS) is 16.0. The summed E-state index contributed by atoms with van der Waals surface area (Å²) < 4.78 is 0. The lowest BCUT2D eigenvalue weighted by Crippen LogP contribution is -2.53. The molecule has 1 unspecified atom stereocenters. The zero-order valence-corrected chi connectivity index (χ0v) is 15.9. The lowest BCUT2D eigenvalue weighted by atomic mass is 9.90. The predicted molar refractivity (Wildman–Crippen MR) is 103 cm³/mol. The maximum absolute atomic E-state index is 12.7. The zero-order chi connectivity index (χ0) is 17.7. The number of amides is 2. The molecule has 2 rings (SSSR count). The van der Waals surface area contributed by atoms with Crippen molar-refractivity contribution in [2.24, 2.45) is 5.73 Å². The topological polar surface area (TPSA) is 75.4 Å². The summed E-state index contributed by atoms with van der Waals surface area (Å²) in [6.07, 6.45) is 5.46. The molecule has 138 valence electrons. The average Bonchev–Trinajstić information content (AvgIpc) is 2.59. The van der Waals surface area contributed by atoms with Crippen molar-refractivity contribution in [2.75, 3.05) is 6.54 Å². The molecule has 0 fully saturated rings. The van der Waals surface area contributed by atoms with Crippen LogP contribution in [-0.2, 0) is 9.59 Å². The van der Waals surface area contributed by atoms with Crippen LogP contribution in [-0.4, -0.2) is 28.8 Å². The van der Waals surface area contributed by atoms with Gasteiger partial charge in [-0.3, -0.25) is 9.59 Å². The summed E-state index contributed by atoms with van der Waals surface area (Å²) >= 11 is 0. The summed E-state index contributed by atoms with van der Waals surface area (Å²) in [5.41, 5.74) is 7.54. The van der Waals surface area contributed by atoms with E-state index in [2.05, 4.69) is 5.32 Å². The van der Waals surface area contributed by atoms with Crippen LogP contribution in [0.25, 0.3) is 6.08 Å². The van der Waals surface area contributed by atoms with Crippen molar-refractivity contribution in [1.29, 1.82) is 0 Å². The first-order valence-electron chi connectivity index (χ1n) is 8.53. The molecular weight excluding hydrogens is 338 g/mol. The van der Waals surface area contributed by atoms with Gasteiger partial charge in [0.1, 0.15) is 0 Å². The third kappa shape index (κ3) is 4.61. The van der Waals surface area contributed by atoms with E-state index in [4.69, 9.17) is 5.73 Å². The molecule has 1 aliphatic heterocycles. The number of benzene rings is 1. The molecule has 0 bridgehead atoms. The van der Waals surface area contributed by atoms with Crippen LogP contribution in [0.15, 0.2) is 30.5 Å². The third-order valence-electron chi connectivity index (χ3n) is 5.00. The Bertz CT molecular complexity index is 633. The van der Waals surface area contributed by atoms with Gasteiger partial charge in [-0.2, -0.15) is 0 Å². The number of nitrogens with one attached hydrogen (secondary N) is 1. The summed E-state index contributed by atoms with van der Waals surface area (Å²) in [5.74, 6) is -0.153. The SMILES string of the molecule is CCC(CC)(CN)NC(=O)CC1c2ccccc2C=CN1C(C)=O.Cl. The van der Waals surface area contributed by atoms with Gasteiger partial charge in [0.05, 0.1) is 18.0 Å². The number of rotatable bonds is 6. The van der Waals surface area contributed by atoms with Gasteiger partial charge >= 0.3 is 0 Å². The Balaban J connectivity index is 0.00000312. The van der Waals surface area contributed by atoms with Crippen LogP contribution < -0.4 is 11.1 Å². The van der Waals surface area contributed by atoms with E-state index in [0.717, 1.165) is 24.0 Å². The van der Waals surface area contributed by atoms with Crippen molar-refractivity contribution >= 4 is 30.3 Å². The number of hydrogen-bond donors (Lipinski definition) is 2. The fourth-order valence-corrected chi connectivity index (χ4v) is 3.20. The number of nitrogens with zero attached hydrogens (tertiary/aromatic N) is 1. The summed E-state index contributed by atoms with van der Waals surface area (Å²) in [5, 5.41) is 3.09. The number of nitrogens with two attached hydrogens (primary N) is 1. The fourth-order valence-electron chi connectivity index (χ4n) is 3.20. The van der Waals surface area contributed by atoms with Gasteiger partial charge < -0.3 is 16.0 Å². The Labute approximate surface area is 156 Å². The first kappa shape index (κ1) is 21.2. The van der Waals surface area contributed by atoms with Gasteiger partial charge in [0.15, 0.2) is 0 Å². The van der Waals surface area contributed by atoms with Crippen LogP contribution in [0.4, 0.5) is 0 Å². The molecule has 1 aromatic rings. The molecule has 1 heterocycles. The van der Waals surface area contributed by atoms with Crippen molar-refractivity contribution in [3.05, 3.63) is 41.6 Å². The Hall–Kier alpha value is -1.85. The molecule has 1 aliphatic rings. The highest BCUT2D eigenvalue weighted by molar-refractivity contribution is 5.85. The van der Waals surface area contributed by atoms with Crippen molar-refractivity contribution in [3.63, 3.8) is 0 Å². The highest BCUT2D eigenvalue weighted by atomic mass is 35.5. The fraction of sp³-hybridized carbons (Fsp3) is 0.474. The lowest BCUT2D eigenvalue weighted by Gasteiger charge is -2.35. The lowest BCUT2D eigenvalue weighted by molar-refractivity contribution is -0.130. The molecule has 0 aromatic heterocycles. The van der Waals surface area contributed by atoms with E-state index >= 15 is 0 Å². The smallest absolute Gasteiger partial charge is 0.223 e. The van der Waals surface area contributed by atoms with Crippen molar-refractivity contribution in [3.8, 4) is 0 Å². The second kappa shape index (κ2) is 9.02. The molecule has 0 saturated heterocycles. The molecule has 0 radical (unpaired) electrons. The molecule has 1 atom stereocenters. The van der Waals surface area contributed by atoms with Crippen molar-refractivity contribution in [1.82, 2.24) is 10.2 Å². The Morgan fingerprint density at radius 3 is 2.44 bits per heavy atom. The maximum Gasteiger partial charge on any atom is 0.223 e. The zero-order valence-electron chi connectivity index (χ0n) is 15.1. The van der Waals surface area contributed by atoms with Crippen molar-refractivity contribution < 1.29 is 9.59 Å². The number of carbonyl (C=O) groups excluding carboxylic acids is 2. The first-order chi connectivity index (χ1) is 11.5. The molecule has 6 heteroatoms. The van der Waals surface area contributed by atoms with Crippen LogP contribution >= 0.6 is 12.4 Å². The van der Waals surface area contributed by atoms with E-state index in [1.165, 1.54) is 6.92 Å². The van der Waals surface area contributed by atoms with E-state index < -0.39 is 0 Å². The number of fused-ring (bicyclic) bond motifs is 1. The number of hydrogen-bond acceptors (Lipinski definition) is 3. The number of halogens is 1. The van der Waals surface area contributed by atoms with Crippen LogP contribution in [0.5, 0.6) is 0 Å². The largest absolute Gasteiger partial charge is 0.349 e. The van der Waals surface area contributed by atoms with Gasteiger partial charge in [0.25, 0.3) is 0 Å². The number of carbonyl (C=O) groups is 2. The second-order valence-corrected chi connectivity index (χ2v) is 6.33. The predicted octanol–water partition coefficient (Wildman–Crippen LogP) is 3.01. The average molecular weight is 366 g/mol. The second-order valence-electron chi connectivity index (χ2n) is 6.33. The molecule has 25 heavy (non-hydrogen) atoms. The minimum atomic E-state index is -0.373. The Kier molecular flexibility index (Phi) is 7.64.